The highest BCUT2D eigenvalue weighted by molar-refractivity contribution is 6.30. The lowest BCUT2D eigenvalue weighted by Crippen LogP contribution is -2.41. The van der Waals surface area contributed by atoms with Gasteiger partial charge in [-0.1, -0.05) is 41.9 Å². The number of halogens is 2. The van der Waals surface area contributed by atoms with Crippen molar-refractivity contribution in [2.45, 2.75) is 39.3 Å². The van der Waals surface area contributed by atoms with Gasteiger partial charge in [0.25, 0.3) is 0 Å². The second-order valence-corrected chi connectivity index (χ2v) is 7.81. The molecule has 3 rings (SSSR count). The Hall–Kier alpha value is -1.91. The lowest BCUT2D eigenvalue weighted by atomic mass is 9.94. The third-order valence-corrected chi connectivity index (χ3v) is 5.62. The number of benzene rings is 2. The van der Waals surface area contributed by atoms with Crippen LogP contribution in [-0.4, -0.2) is 23.9 Å². The molecule has 144 valence electrons. The van der Waals surface area contributed by atoms with Gasteiger partial charge >= 0.3 is 0 Å². The SMILES string of the molecule is Cc1ccccc1[C@@H](C)NC(=O)C1CCN(Cc2ccc(Cl)cc2F)CC1. The predicted octanol–water partition coefficient (Wildman–Crippen LogP) is 4.88. The molecule has 1 aliphatic rings. The van der Waals surface area contributed by atoms with Crippen LogP contribution in [0.5, 0.6) is 0 Å². The molecule has 0 radical (unpaired) electrons. The molecule has 0 unspecified atom stereocenters. The average Bonchev–Trinajstić information content (AvgIpc) is 2.65. The van der Waals surface area contributed by atoms with Gasteiger partial charge < -0.3 is 5.32 Å². The van der Waals surface area contributed by atoms with Gasteiger partial charge in [0.15, 0.2) is 0 Å². The van der Waals surface area contributed by atoms with E-state index >= 15 is 0 Å². The number of rotatable bonds is 5. The molecule has 1 fully saturated rings. The average molecular weight is 389 g/mol. The van der Waals surface area contributed by atoms with E-state index in [4.69, 9.17) is 11.6 Å². The zero-order valence-corrected chi connectivity index (χ0v) is 16.6. The van der Waals surface area contributed by atoms with Crippen LogP contribution in [-0.2, 0) is 11.3 Å². The van der Waals surface area contributed by atoms with Crippen molar-refractivity contribution in [3.8, 4) is 0 Å². The molecule has 5 heteroatoms. The number of nitrogens with zero attached hydrogens (tertiary/aromatic N) is 1. The number of nitrogens with one attached hydrogen (secondary N) is 1. The highest BCUT2D eigenvalue weighted by Crippen LogP contribution is 2.23. The molecule has 0 spiro atoms. The van der Waals surface area contributed by atoms with Gasteiger partial charge in [-0.15, -0.1) is 0 Å². The quantitative estimate of drug-likeness (QED) is 0.791. The van der Waals surface area contributed by atoms with Crippen LogP contribution in [0.1, 0.15) is 42.5 Å². The normalized spacial score (nSPS) is 16.9. The lowest BCUT2D eigenvalue weighted by molar-refractivity contribution is -0.127. The Bertz CT molecular complexity index is 803. The van der Waals surface area contributed by atoms with Crippen molar-refractivity contribution in [1.29, 1.82) is 0 Å². The van der Waals surface area contributed by atoms with Crippen molar-refractivity contribution >= 4 is 17.5 Å². The first-order chi connectivity index (χ1) is 12.9. The van der Waals surface area contributed by atoms with Crippen molar-refractivity contribution in [3.63, 3.8) is 0 Å². The maximum Gasteiger partial charge on any atom is 0.223 e. The smallest absolute Gasteiger partial charge is 0.223 e. The van der Waals surface area contributed by atoms with E-state index in [0.717, 1.165) is 31.5 Å². The van der Waals surface area contributed by atoms with Gasteiger partial charge in [0, 0.05) is 23.0 Å². The predicted molar refractivity (Wildman–Crippen MR) is 107 cm³/mol. The van der Waals surface area contributed by atoms with E-state index < -0.39 is 0 Å². The van der Waals surface area contributed by atoms with Crippen molar-refractivity contribution in [1.82, 2.24) is 10.2 Å². The Morgan fingerprint density at radius 3 is 2.63 bits per heavy atom. The summed E-state index contributed by atoms with van der Waals surface area (Å²) >= 11 is 5.81. The van der Waals surface area contributed by atoms with Crippen molar-refractivity contribution < 1.29 is 9.18 Å². The Balaban J connectivity index is 1.51. The molecule has 1 N–H and O–H groups in total. The molecule has 0 aliphatic carbocycles. The number of hydrogen-bond acceptors (Lipinski definition) is 2. The molecule has 27 heavy (non-hydrogen) atoms. The summed E-state index contributed by atoms with van der Waals surface area (Å²) in [5.41, 5.74) is 2.99. The minimum Gasteiger partial charge on any atom is -0.349 e. The van der Waals surface area contributed by atoms with Gasteiger partial charge in [-0.3, -0.25) is 9.69 Å². The number of likely N-dealkylation sites (tertiary alicyclic amines) is 1. The molecular weight excluding hydrogens is 363 g/mol. The minimum atomic E-state index is -0.269. The lowest BCUT2D eigenvalue weighted by Gasteiger charge is -2.32. The maximum absolute atomic E-state index is 14.0. The molecule has 1 saturated heterocycles. The molecule has 0 saturated carbocycles. The van der Waals surface area contributed by atoms with Crippen LogP contribution in [0.4, 0.5) is 4.39 Å². The zero-order valence-electron chi connectivity index (χ0n) is 15.8. The van der Waals surface area contributed by atoms with E-state index in [2.05, 4.69) is 29.3 Å². The topological polar surface area (TPSA) is 32.3 Å². The number of aryl methyl sites for hydroxylation is 1. The molecule has 1 atom stereocenters. The summed E-state index contributed by atoms with van der Waals surface area (Å²) in [7, 11) is 0. The first-order valence-corrected chi connectivity index (χ1v) is 9.84. The number of amides is 1. The second-order valence-electron chi connectivity index (χ2n) is 7.37. The molecular formula is C22H26ClFN2O. The maximum atomic E-state index is 14.0. The highest BCUT2D eigenvalue weighted by Gasteiger charge is 2.26. The van der Waals surface area contributed by atoms with Gasteiger partial charge in [0.1, 0.15) is 5.82 Å². The van der Waals surface area contributed by atoms with Crippen LogP contribution in [0.2, 0.25) is 5.02 Å². The Morgan fingerprint density at radius 2 is 1.96 bits per heavy atom. The summed E-state index contributed by atoms with van der Waals surface area (Å²) in [6.45, 7) is 6.22. The first kappa shape index (κ1) is 19.8. The fraction of sp³-hybridized carbons (Fsp3) is 0.409. The molecule has 1 aliphatic heterocycles. The van der Waals surface area contributed by atoms with Gasteiger partial charge in [-0.25, -0.2) is 4.39 Å². The summed E-state index contributed by atoms with van der Waals surface area (Å²) in [5, 5.41) is 3.57. The van der Waals surface area contributed by atoms with Crippen molar-refractivity contribution in [3.05, 3.63) is 70.0 Å². The van der Waals surface area contributed by atoms with Crippen molar-refractivity contribution in [2.75, 3.05) is 13.1 Å². The summed E-state index contributed by atoms with van der Waals surface area (Å²) in [5.74, 6) is -0.139. The molecule has 1 heterocycles. The van der Waals surface area contributed by atoms with Crippen LogP contribution < -0.4 is 5.32 Å². The highest BCUT2D eigenvalue weighted by atomic mass is 35.5. The van der Waals surface area contributed by atoms with E-state index in [9.17, 15) is 9.18 Å². The van der Waals surface area contributed by atoms with E-state index in [1.165, 1.54) is 11.6 Å². The number of carbonyl (C=O) groups excluding carboxylic acids is 1. The van der Waals surface area contributed by atoms with E-state index in [-0.39, 0.29) is 23.7 Å². The minimum absolute atomic E-state index is 0.0000993. The summed E-state index contributed by atoms with van der Waals surface area (Å²) < 4.78 is 14.0. The summed E-state index contributed by atoms with van der Waals surface area (Å²) in [6.07, 6.45) is 1.59. The molecule has 0 bridgehead atoms. The number of hydrogen-bond donors (Lipinski definition) is 1. The van der Waals surface area contributed by atoms with Gasteiger partial charge in [-0.05, 0) is 63.0 Å². The summed E-state index contributed by atoms with van der Waals surface area (Å²) in [4.78, 5) is 14.8. The molecule has 2 aromatic rings. The Kier molecular flexibility index (Phi) is 6.51. The van der Waals surface area contributed by atoms with Crippen LogP contribution in [0.15, 0.2) is 42.5 Å². The van der Waals surface area contributed by atoms with Gasteiger partial charge in [0.05, 0.1) is 6.04 Å². The fourth-order valence-electron chi connectivity index (χ4n) is 3.73. The first-order valence-electron chi connectivity index (χ1n) is 9.46. The standard InChI is InChI=1S/C22H26ClFN2O/c1-15-5-3-4-6-20(15)16(2)25-22(27)17-9-11-26(12-10-17)14-18-7-8-19(23)13-21(18)24/h3-8,13,16-17H,9-12,14H2,1-2H3,(H,25,27)/t16-/m1/s1. The van der Waals surface area contributed by atoms with Crippen LogP contribution in [0, 0.1) is 18.7 Å². The Morgan fingerprint density at radius 1 is 1.26 bits per heavy atom. The Labute approximate surface area is 165 Å². The molecule has 1 amide bonds. The largest absolute Gasteiger partial charge is 0.349 e. The van der Waals surface area contributed by atoms with Crippen LogP contribution >= 0.6 is 11.6 Å². The molecule has 0 aromatic heterocycles. The van der Waals surface area contributed by atoms with Crippen LogP contribution in [0.3, 0.4) is 0 Å². The number of piperidine rings is 1. The van der Waals surface area contributed by atoms with E-state index in [0.29, 0.717) is 17.1 Å². The fourth-order valence-corrected chi connectivity index (χ4v) is 3.88. The summed E-state index contributed by atoms with van der Waals surface area (Å²) in [6, 6.07) is 12.9. The van der Waals surface area contributed by atoms with Gasteiger partial charge in [0.2, 0.25) is 5.91 Å². The third-order valence-electron chi connectivity index (χ3n) is 5.38. The number of carbonyl (C=O) groups is 1. The zero-order chi connectivity index (χ0) is 19.4. The van der Waals surface area contributed by atoms with Crippen molar-refractivity contribution in [2.24, 2.45) is 5.92 Å². The van der Waals surface area contributed by atoms with E-state index in [1.54, 1.807) is 12.1 Å². The molecule has 3 nitrogen and oxygen atoms in total. The monoisotopic (exact) mass is 388 g/mol. The van der Waals surface area contributed by atoms with Crippen LogP contribution in [0.25, 0.3) is 0 Å². The third kappa shape index (κ3) is 5.08. The second kappa shape index (κ2) is 8.85. The van der Waals surface area contributed by atoms with E-state index in [1.807, 2.05) is 19.1 Å². The van der Waals surface area contributed by atoms with Gasteiger partial charge in [-0.2, -0.15) is 0 Å². The molecule has 2 aromatic carbocycles.